The lowest BCUT2D eigenvalue weighted by Crippen LogP contribution is -2.30. The predicted octanol–water partition coefficient (Wildman–Crippen LogP) is 3.02. The van der Waals surface area contributed by atoms with E-state index in [0.717, 1.165) is 11.3 Å². The van der Waals surface area contributed by atoms with Crippen LogP contribution in [0.4, 0.5) is 0 Å². The quantitative estimate of drug-likeness (QED) is 0.336. The van der Waals surface area contributed by atoms with Crippen molar-refractivity contribution in [2.24, 2.45) is 0 Å². The van der Waals surface area contributed by atoms with E-state index in [0.29, 0.717) is 50.3 Å². The Kier molecular flexibility index (Phi) is 9.37. The first kappa shape index (κ1) is 22.9. The lowest BCUT2D eigenvalue weighted by Gasteiger charge is -2.09. The molecule has 2 amide bonds. The summed E-state index contributed by atoms with van der Waals surface area (Å²) >= 11 is 0. The van der Waals surface area contributed by atoms with E-state index >= 15 is 0 Å². The number of ether oxygens (including phenoxy) is 2. The summed E-state index contributed by atoms with van der Waals surface area (Å²) in [4.78, 5) is 35.0. The molecule has 0 aliphatic heterocycles. The number of hydrogen-bond donors (Lipinski definition) is 2. The van der Waals surface area contributed by atoms with E-state index < -0.39 is 5.97 Å². The van der Waals surface area contributed by atoms with Crippen LogP contribution in [0, 0.1) is 6.92 Å². The van der Waals surface area contributed by atoms with Gasteiger partial charge >= 0.3 is 5.97 Å². The Labute approximate surface area is 176 Å². The smallest absolute Gasteiger partial charge is 0.308 e. The number of aryl methyl sites for hydroxylation is 1. The molecule has 0 aliphatic carbocycles. The second-order valence-electron chi connectivity index (χ2n) is 6.80. The summed E-state index contributed by atoms with van der Waals surface area (Å²) < 4.78 is 10.6. The number of rotatable bonds is 11. The number of hydrogen-bond acceptors (Lipinski definition) is 5. The van der Waals surface area contributed by atoms with Gasteiger partial charge in [-0.2, -0.15) is 0 Å². The molecule has 30 heavy (non-hydrogen) atoms. The fraction of sp³-hybridized carbons (Fsp3) is 0.348. The van der Waals surface area contributed by atoms with Crippen molar-refractivity contribution in [2.45, 2.75) is 33.1 Å². The van der Waals surface area contributed by atoms with Crippen LogP contribution < -0.4 is 20.1 Å². The van der Waals surface area contributed by atoms with E-state index in [9.17, 15) is 14.4 Å². The molecule has 7 nitrogen and oxygen atoms in total. The molecule has 7 heteroatoms. The minimum Gasteiger partial charge on any atom is -0.493 e. The molecule has 0 aromatic heterocycles. The van der Waals surface area contributed by atoms with Gasteiger partial charge in [-0.1, -0.05) is 24.3 Å². The maximum absolute atomic E-state index is 12.1. The zero-order chi connectivity index (χ0) is 21.8. The molecule has 0 aliphatic rings. The van der Waals surface area contributed by atoms with Crippen molar-refractivity contribution in [1.82, 2.24) is 10.6 Å². The molecular weight excluding hydrogens is 384 g/mol. The molecule has 160 valence electrons. The molecule has 0 fully saturated rings. The number of amides is 2. The zero-order valence-electron chi connectivity index (χ0n) is 17.4. The summed E-state index contributed by atoms with van der Waals surface area (Å²) in [6.07, 6.45) is 1.64. The fourth-order valence-corrected chi connectivity index (χ4v) is 2.71. The topological polar surface area (TPSA) is 93.7 Å². The van der Waals surface area contributed by atoms with Crippen LogP contribution in [0.3, 0.4) is 0 Å². The summed E-state index contributed by atoms with van der Waals surface area (Å²) in [7, 11) is 0. The minimum atomic E-state index is -0.440. The summed E-state index contributed by atoms with van der Waals surface area (Å²) in [5.74, 6) is 0.429. The molecule has 0 atom stereocenters. The molecule has 2 rings (SSSR count). The van der Waals surface area contributed by atoms with Crippen molar-refractivity contribution in [3.05, 3.63) is 59.7 Å². The van der Waals surface area contributed by atoms with Crippen LogP contribution in [0.2, 0.25) is 0 Å². The van der Waals surface area contributed by atoms with Gasteiger partial charge in [-0.05, 0) is 49.6 Å². The number of nitrogens with one attached hydrogen (secondary N) is 2. The first-order valence-corrected chi connectivity index (χ1v) is 9.97. The van der Waals surface area contributed by atoms with Gasteiger partial charge in [-0.25, -0.2) is 0 Å². The number of para-hydroxylation sites is 1. The molecule has 2 N–H and O–H groups in total. The second kappa shape index (κ2) is 12.3. The molecule has 0 heterocycles. The van der Waals surface area contributed by atoms with Gasteiger partial charge in [0, 0.05) is 32.0 Å². The molecule has 0 spiro atoms. The highest BCUT2D eigenvalue weighted by molar-refractivity contribution is 5.94. The Hall–Kier alpha value is -3.35. The summed E-state index contributed by atoms with van der Waals surface area (Å²) in [5.41, 5.74) is 1.48. The Morgan fingerprint density at radius 1 is 0.933 bits per heavy atom. The van der Waals surface area contributed by atoms with Crippen molar-refractivity contribution >= 4 is 17.8 Å². The van der Waals surface area contributed by atoms with Crippen molar-refractivity contribution in [2.75, 3.05) is 19.7 Å². The van der Waals surface area contributed by atoms with Crippen molar-refractivity contribution in [1.29, 1.82) is 0 Å². The van der Waals surface area contributed by atoms with Crippen molar-refractivity contribution in [3.63, 3.8) is 0 Å². The Bertz CT molecular complexity index is 866. The first-order chi connectivity index (χ1) is 14.5. The van der Waals surface area contributed by atoms with Crippen LogP contribution in [0.25, 0.3) is 0 Å². The van der Waals surface area contributed by atoms with Crippen LogP contribution in [0.1, 0.15) is 42.1 Å². The fourth-order valence-electron chi connectivity index (χ4n) is 2.71. The summed E-state index contributed by atoms with van der Waals surface area (Å²) in [6.45, 7) is 4.68. The van der Waals surface area contributed by atoms with E-state index in [4.69, 9.17) is 9.47 Å². The second-order valence-corrected chi connectivity index (χ2v) is 6.80. The average molecular weight is 412 g/mol. The lowest BCUT2D eigenvalue weighted by molar-refractivity contribution is -0.131. The molecule has 0 bridgehead atoms. The van der Waals surface area contributed by atoms with E-state index in [1.807, 2.05) is 31.2 Å². The highest BCUT2D eigenvalue weighted by Crippen LogP contribution is 2.16. The van der Waals surface area contributed by atoms with Gasteiger partial charge in [0.2, 0.25) is 5.91 Å². The maximum Gasteiger partial charge on any atom is 0.308 e. The molecule has 0 saturated carbocycles. The third kappa shape index (κ3) is 8.34. The van der Waals surface area contributed by atoms with Crippen LogP contribution in [-0.2, 0) is 9.59 Å². The summed E-state index contributed by atoms with van der Waals surface area (Å²) in [6, 6.07) is 14.2. The zero-order valence-corrected chi connectivity index (χ0v) is 17.4. The highest BCUT2D eigenvalue weighted by Gasteiger charge is 2.07. The number of esters is 1. The Morgan fingerprint density at radius 3 is 2.47 bits per heavy atom. The van der Waals surface area contributed by atoms with E-state index in [2.05, 4.69) is 10.6 Å². The number of carbonyl (C=O) groups excluding carboxylic acids is 3. The van der Waals surface area contributed by atoms with Crippen molar-refractivity contribution in [3.8, 4) is 11.5 Å². The lowest BCUT2D eigenvalue weighted by atomic mass is 10.2. The van der Waals surface area contributed by atoms with E-state index in [1.54, 1.807) is 18.2 Å². The van der Waals surface area contributed by atoms with Gasteiger partial charge in [0.05, 0.1) is 6.61 Å². The summed E-state index contributed by atoms with van der Waals surface area (Å²) in [5, 5.41) is 5.61. The monoisotopic (exact) mass is 412 g/mol. The maximum atomic E-state index is 12.1. The van der Waals surface area contributed by atoms with Crippen LogP contribution in [0.15, 0.2) is 48.5 Å². The van der Waals surface area contributed by atoms with Gasteiger partial charge in [0.15, 0.2) is 0 Å². The molecule has 0 saturated heterocycles. The number of benzene rings is 2. The first-order valence-electron chi connectivity index (χ1n) is 9.97. The van der Waals surface area contributed by atoms with Gasteiger partial charge in [-0.3, -0.25) is 14.4 Å². The standard InChI is InChI=1S/C23H28N2O5/c1-17-8-3-4-11-21(17)29-15-6-12-22(27)24-13-7-14-25-23(28)19-9-5-10-20(16-19)30-18(2)26/h3-5,8-11,16H,6-7,12-15H2,1-2H3,(H,24,27)(H,25,28). The molecule has 2 aromatic carbocycles. The van der Waals surface area contributed by atoms with Crippen LogP contribution >= 0.6 is 0 Å². The molecule has 0 radical (unpaired) electrons. The Balaban J connectivity index is 1.56. The predicted molar refractivity (Wildman–Crippen MR) is 114 cm³/mol. The van der Waals surface area contributed by atoms with Crippen LogP contribution in [0.5, 0.6) is 11.5 Å². The molecular formula is C23H28N2O5. The largest absolute Gasteiger partial charge is 0.493 e. The number of carbonyl (C=O) groups is 3. The van der Waals surface area contributed by atoms with Gasteiger partial charge < -0.3 is 20.1 Å². The highest BCUT2D eigenvalue weighted by atomic mass is 16.5. The van der Waals surface area contributed by atoms with E-state index in [-0.39, 0.29) is 11.8 Å². The third-order valence-electron chi connectivity index (χ3n) is 4.22. The van der Waals surface area contributed by atoms with Crippen LogP contribution in [-0.4, -0.2) is 37.5 Å². The SMILES string of the molecule is CC(=O)Oc1cccc(C(=O)NCCCNC(=O)CCCOc2ccccc2C)c1. The molecule has 2 aromatic rings. The minimum absolute atomic E-state index is 0.0382. The third-order valence-corrected chi connectivity index (χ3v) is 4.22. The molecule has 0 unspecified atom stereocenters. The average Bonchev–Trinajstić information content (AvgIpc) is 2.71. The van der Waals surface area contributed by atoms with Gasteiger partial charge in [-0.15, -0.1) is 0 Å². The Morgan fingerprint density at radius 2 is 1.70 bits per heavy atom. The van der Waals surface area contributed by atoms with Gasteiger partial charge in [0.1, 0.15) is 11.5 Å². The van der Waals surface area contributed by atoms with Crippen molar-refractivity contribution < 1.29 is 23.9 Å². The van der Waals surface area contributed by atoms with E-state index in [1.165, 1.54) is 13.0 Å². The van der Waals surface area contributed by atoms with Gasteiger partial charge in [0.25, 0.3) is 5.91 Å². The normalized spacial score (nSPS) is 10.2.